The van der Waals surface area contributed by atoms with Gasteiger partial charge in [-0.25, -0.2) is 0 Å². The summed E-state index contributed by atoms with van der Waals surface area (Å²) in [4.78, 5) is 0. The summed E-state index contributed by atoms with van der Waals surface area (Å²) in [5, 5.41) is 15.2. The van der Waals surface area contributed by atoms with Gasteiger partial charge in [-0.05, 0) is 28.3 Å². The van der Waals surface area contributed by atoms with Gasteiger partial charge in [-0.1, -0.05) is 107 Å². The maximum absolute atomic E-state index is 9.09. The minimum absolute atomic E-state index is 0.0518. The summed E-state index contributed by atoms with van der Waals surface area (Å²) >= 11 is 0. The fourth-order valence-electron chi connectivity index (χ4n) is 4.67. The molecule has 1 aliphatic heterocycles. The molecule has 3 nitrogen and oxygen atoms in total. The van der Waals surface area contributed by atoms with Crippen molar-refractivity contribution in [1.29, 1.82) is 0 Å². The molecule has 2 atom stereocenters. The maximum atomic E-state index is 9.09. The molecule has 2 N–H and O–H groups in total. The standard InChI is InChI=1S/C26H39NO2Si/c1-26(2,3)30(22-15-9-7-10-16-22,23-17-11-8-12-18-23)29-20-14-6-4-5-13-19-24-25(21-28)27-24/h7-12,15-18,24-25,27-28H,4-6,13-14,19-21H2,1-3H3/t24-,25+/m1/s1. The fraction of sp³-hybridized carbons (Fsp3) is 0.538. The second kappa shape index (κ2) is 10.7. The van der Waals surface area contributed by atoms with E-state index in [1.165, 1.54) is 42.5 Å². The molecule has 2 aromatic rings. The summed E-state index contributed by atoms with van der Waals surface area (Å²) in [6, 6.07) is 22.7. The van der Waals surface area contributed by atoms with Crippen molar-refractivity contribution in [2.24, 2.45) is 0 Å². The zero-order valence-electron chi connectivity index (χ0n) is 18.9. The Labute approximate surface area is 184 Å². The number of aliphatic hydroxyl groups is 1. The quantitative estimate of drug-likeness (QED) is 0.304. The number of nitrogens with one attached hydrogen (secondary N) is 1. The Morgan fingerprint density at radius 2 is 1.33 bits per heavy atom. The molecule has 2 aromatic carbocycles. The number of unbranched alkanes of at least 4 members (excludes halogenated alkanes) is 4. The second-order valence-electron chi connectivity index (χ2n) is 9.63. The average Bonchev–Trinajstić information content (AvgIpc) is 3.52. The topological polar surface area (TPSA) is 51.4 Å². The molecule has 0 unspecified atom stereocenters. The van der Waals surface area contributed by atoms with Crippen LogP contribution in [0.25, 0.3) is 0 Å². The highest BCUT2D eigenvalue weighted by molar-refractivity contribution is 6.99. The van der Waals surface area contributed by atoms with Gasteiger partial charge in [0.15, 0.2) is 0 Å². The lowest BCUT2D eigenvalue weighted by Crippen LogP contribution is -2.66. The van der Waals surface area contributed by atoms with Crippen molar-refractivity contribution in [2.75, 3.05) is 13.2 Å². The van der Waals surface area contributed by atoms with Crippen molar-refractivity contribution in [3.05, 3.63) is 60.7 Å². The molecular weight excluding hydrogens is 386 g/mol. The van der Waals surface area contributed by atoms with Gasteiger partial charge in [0.1, 0.15) is 0 Å². The van der Waals surface area contributed by atoms with Crippen LogP contribution in [0, 0.1) is 0 Å². The molecule has 1 fully saturated rings. The number of rotatable bonds is 12. The molecule has 1 saturated heterocycles. The zero-order chi connectivity index (χ0) is 21.5. The summed E-state index contributed by atoms with van der Waals surface area (Å²) in [6.07, 6.45) is 7.33. The Morgan fingerprint density at radius 1 is 0.800 bits per heavy atom. The van der Waals surface area contributed by atoms with Crippen LogP contribution < -0.4 is 15.7 Å². The summed E-state index contributed by atoms with van der Waals surface area (Å²) < 4.78 is 6.95. The van der Waals surface area contributed by atoms with Crippen molar-refractivity contribution < 1.29 is 9.53 Å². The van der Waals surface area contributed by atoms with Crippen LogP contribution in [0.4, 0.5) is 0 Å². The first-order chi connectivity index (χ1) is 14.5. The predicted octanol–water partition coefficient (Wildman–Crippen LogP) is 4.24. The Morgan fingerprint density at radius 3 is 1.83 bits per heavy atom. The molecule has 0 radical (unpaired) electrons. The predicted molar refractivity (Wildman–Crippen MR) is 129 cm³/mol. The molecule has 1 heterocycles. The van der Waals surface area contributed by atoms with Crippen molar-refractivity contribution in [2.45, 2.75) is 76.4 Å². The van der Waals surface area contributed by atoms with Crippen molar-refractivity contribution >= 4 is 18.7 Å². The number of benzene rings is 2. The van der Waals surface area contributed by atoms with E-state index in [9.17, 15) is 0 Å². The zero-order valence-corrected chi connectivity index (χ0v) is 19.9. The van der Waals surface area contributed by atoms with Crippen LogP contribution >= 0.6 is 0 Å². The van der Waals surface area contributed by atoms with Gasteiger partial charge in [-0.3, -0.25) is 0 Å². The Hall–Kier alpha value is -1.46. The highest BCUT2D eigenvalue weighted by Crippen LogP contribution is 2.36. The third-order valence-corrected chi connectivity index (χ3v) is 11.4. The summed E-state index contributed by atoms with van der Waals surface area (Å²) in [5.74, 6) is 0. The van der Waals surface area contributed by atoms with Crippen LogP contribution in [0.1, 0.15) is 59.3 Å². The second-order valence-corrected chi connectivity index (χ2v) is 13.9. The normalized spacial score (nSPS) is 19.1. The smallest absolute Gasteiger partial charge is 0.261 e. The van der Waals surface area contributed by atoms with E-state index in [0.717, 1.165) is 13.0 Å². The SMILES string of the molecule is CC(C)(C)[Si](OCCCCCCC[C@H]1N[C@H]1CO)(c1ccccc1)c1ccccc1. The Bertz CT molecular complexity index is 705. The van der Waals surface area contributed by atoms with Crippen molar-refractivity contribution in [3.8, 4) is 0 Å². The van der Waals surface area contributed by atoms with E-state index in [1.54, 1.807) is 0 Å². The molecule has 0 aliphatic carbocycles. The van der Waals surface area contributed by atoms with Crippen LogP contribution in [0.5, 0.6) is 0 Å². The molecule has 0 spiro atoms. The maximum Gasteiger partial charge on any atom is 0.261 e. The molecule has 1 aliphatic rings. The summed E-state index contributed by atoms with van der Waals surface area (Å²) in [7, 11) is -2.38. The molecule has 30 heavy (non-hydrogen) atoms. The molecule has 4 heteroatoms. The van der Waals surface area contributed by atoms with E-state index in [1.807, 2.05) is 0 Å². The fourth-order valence-corrected chi connectivity index (χ4v) is 9.27. The van der Waals surface area contributed by atoms with Gasteiger partial charge < -0.3 is 14.8 Å². The third kappa shape index (κ3) is 5.61. The van der Waals surface area contributed by atoms with Gasteiger partial charge >= 0.3 is 0 Å². The molecule has 0 amide bonds. The molecule has 0 bridgehead atoms. The Balaban J connectivity index is 1.57. The summed E-state index contributed by atoms with van der Waals surface area (Å²) in [6.45, 7) is 8.12. The van der Waals surface area contributed by atoms with Gasteiger partial charge in [0.25, 0.3) is 8.32 Å². The van der Waals surface area contributed by atoms with Crippen LogP contribution in [0.3, 0.4) is 0 Å². The van der Waals surface area contributed by atoms with Gasteiger partial charge in [0, 0.05) is 18.7 Å². The third-order valence-electron chi connectivity index (χ3n) is 6.40. The van der Waals surface area contributed by atoms with Gasteiger partial charge in [-0.2, -0.15) is 0 Å². The molecular formula is C26H39NO2Si. The van der Waals surface area contributed by atoms with E-state index in [0.29, 0.717) is 12.1 Å². The minimum atomic E-state index is -2.38. The van der Waals surface area contributed by atoms with Gasteiger partial charge in [-0.15, -0.1) is 0 Å². The molecule has 0 saturated carbocycles. The number of aliphatic hydroxyl groups excluding tert-OH is 1. The first kappa shape index (κ1) is 23.2. The molecule has 3 rings (SSSR count). The van der Waals surface area contributed by atoms with Crippen LogP contribution in [0.2, 0.25) is 5.04 Å². The molecule has 0 aromatic heterocycles. The van der Waals surface area contributed by atoms with Crippen LogP contribution in [0.15, 0.2) is 60.7 Å². The summed E-state index contributed by atoms with van der Waals surface area (Å²) in [5.41, 5.74) is 0. The van der Waals surface area contributed by atoms with E-state index in [-0.39, 0.29) is 11.6 Å². The van der Waals surface area contributed by atoms with Gasteiger partial charge in [0.2, 0.25) is 0 Å². The number of hydrogen-bond donors (Lipinski definition) is 2. The lowest BCUT2D eigenvalue weighted by molar-refractivity contribution is 0.286. The van der Waals surface area contributed by atoms with E-state index < -0.39 is 8.32 Å². The van der Waals surface area contributed by atoms with E-state index in [2.05, 4.69) is 86.8 Å². The van der Waals surface area contributed by atoms with E-state index >= 15 is 0 Å². The lowest BCUT2D eigenvalue weighted by atomic mass is 10.1. The molecule has 164 valence electrons. The Kier molecular flexibility index (Phi) is 8.29. The average molecular weight is 426 g/mol. The minimum Gasteiger partial charge on any atom is -0.407 e. The lowest BCUT2D eigenvalue weighted by Gasteiger charge is -2.43. The van der Waals surface area contributed by atoms with Crippen LogP contribution in [-0.2, 0) is 4.43 Å². The highest BCUT2D eigenvalue weighted by Gasteiger charge is 2.49. The number of hydrogen-bond acceptors (Lipinski definition) is 3. The largest absolute Gasteiger partial charge is 0.407 e. The first-order valence-corrected chi connectivity index (χ1v) is 13.5. The highest BCUT2D eigenvalue weighted by atomic mass is 28.4. The van der Waals surface area contributed by atoms with Crippen LogP contribution in [-0.4, -0.2) is 38.7 Å². The van der Waals surface area contributed by atoms with E-state index in [4.69, 9.17) is 9.53 Å². The van der Waals surface area contributed by atoms with Gasteiger partial charge in [0.05, 0.1) is 6.61 Å². The van der Waals surface area contributed by atoms with Crippen molar-refractivity contribution in [3.63, 3.8) is 0 Å². The monoisotopic (exact) mass is 425 g/mol. The van der Waals surface area contributed by atoms with Crippen molar-refractivity contribution in [1.82, 2.24) is 5.32 Å². The first-order valence-electron chi connectivity index (χ1n) is 11.6.